The van der Waals surface area contributed by atoms with Crippen molar-refractivity contribution in [2.75, 3.05) is 11.9 Å². The van der Waals surface area contributed by atoms with Crippen LogP contribution >= 0.6 is 0 Å². The van der Waals surface area contributed by atoms with Gasteiger partial charge in [-0.25, -0.2) is 0 Å². The maximum absolute atomic E-state index is 11.7. The number of hydrogen-bond acceptors (Lipinski definition) is 1. The van der Waals surface area contributed by atoms with Crippen LogP contribution in [0.1, 0.15) is 24.5 Å². The van der Waals surface area contributed by atoms with Crippen molar-refractivity contribution in [1.29, 1.82) is 0 Å². The topological polar surface area (TPSA) is 20.3 Å². The van der Waals surface area contributed by atoms with Crippen molar-refractivity contribution < 1.29 is 4.79 Å². The van der Waals surface area contributed by atoms with Gasteiger partial charge in [0.25, 0.3) is 0 Å². The van der Waals surface area contributed by atoms with E-state index in [1.165, 1.54) is 11.1 Å². The van der Waals surface area contributed by atoms with E-state index in [0.29, 0.717) is 6.42 Å². The number of carbonyl (C=O) groups is 1. The van der Waals surface area contributed by atoms with E-state index in [9.17, 15) is 4.79 Å². The lowest BCUT2D eigenvalue weighted by atomic mass is 10.0. The third-order valence-electron chi connectivity index (χ3n) is 2.90. The molecule has 0 radical (unpaired) electrons. The molecule has 1 aromatic rings. The maximum atomic E-state index is 11.7. The minimum atomic E-state index is 0.152. The number of benzene rings is 1. The van der Waals surface area contributed by atoms with Gasteiger partial charge >= 0.3 is 0 Å². The standard InChI is InChI=1S/C13H15NO/c1-9-4-6-11-10(2)5-7-13(15)14(3)12(11)8-9/h4-6,8H,7H2,1-3H3. The number of allylic oxidation sites excluding steroid dienone is 1. The Hall–Kier alpha value is -1.57. The van der Waals surface area contributed by atoms with E-state index in [4.69, 9.17) is 0 Å². The summed E-state index contributed by atoms with van der Waals surface area (Å²) in [7, 11) is 1.84. The SMILES string of the molecule is CC1=CCC(=O)N(C)c2cc(C)ccc21. The largest absolute Gasteiger partial charge is 0.315 e. The van der Waals surface area contributed by atoms with Crippen LogP contribution in [0.2, 0.25) is 0 Å². The summed E-state index contributed by atoms with van der Waals surface area (Å²) in [6.07, 6.45) is 2.50. The lowest BCUT2D eigenvalue weighted by Crippen LogP contribution is -2.25. The van der Waals surface area contributed by atoms with Crippen LogP contribution in [-0.4, -0.2) is 13.0 Å². The molecule has 2 nitrogen and oxygen atoms in total. The van der Waals surface area contributed by atoms with Crippen molar-refractivity contribution >= 4 is 17.2 Å². The molecule has 1 amide bonds. The van der Waals surface area contributed by atoms with Crippen LogP contribution in [0, 0.1) is 6.92 Å². The molecule has 1 heterocycles. The Morgan fingerprint density at radius 3 is 2.73 bits per heavy atom. The third-order valence-corrected chi connectivity index (χ3v) is 2.90. The summed E-state index contributed by atoms with van der Waals surface area (Å²) in [4.78, 5) is 13.5. The highest BCUT2D eigenvalue weighted by molar-refractivity contribution is 5.99. The smallest absolute Gasteiger partial charge is 0.230 e. The molecular formula is C13H15NO. The molecule has 0 unspecified atom stereocenters. The van der Waals surface area contributed by atoms with Gasteiger partial charge < -0.3 is 4.90 Å². The summed E-state index contributed by atoms with van der Waals surface area (Å²) in [6, 6.07) is 6.24. The second-order valence-corrected chi connectivity index (χ2v) is 4.06. The lowest BCUT2D eigenvalue weighted by Gasteiger charge is -2.18. The predicted molar refractivity (Wildman–Crippen MR) is 62.9 cm³/mol. The molecule has 2 rings (SSSR count). The average molecular weight is 201 g/mol. The number of hydrogen-bond donors (Lipinski definition) is 0. The lowest BCUT2D eigenvalue weighted by molar-refractivity contribution is -0.117. The molecule has 0 bridgehead atoms. The summed E-state index contributed by atoms with van der Waals surface area (Å²) in [5.41, 5.74) is 4.55. The van der Waals surface area contributed by atoms with Crippen LogP contribution in [0.5, 0.6) is 0 Å². The Morgan fingerprint density at radius 1 is 1.27 bits per heavy atom. The normalized spacial score (nSPS) is 15.8. The first-order valence-corrected chi connectivity index (χ1v) is 5.14. The number of nitrogens with zero attached hydrogens (tertiary/aromatic N) is 1. The molecule has 0 spiro atoms. The van der Waals surface area contributed by atoms with Crippen molar-refractivity contribution in [2.24, 2.45) is 0 Å². The van der Waals surface area contributed by atoms with Gasteiger partial charge in [0.2, 0.25) is 5.91 Å². The Morgan fingerprint density at radius 2 is 2.00 bits per heavy atom. The molecule has 0 atom stereocenters. The summed E-state index contributed by atoms with van der Waals surface area (Å²) < 4.78 is 0. The molecule has 1 aromatic carbocycles. The number of fused-ring (bicyclic) bond motifs is 1. The van der Waals surface area contributed by atoms with E-state index in [2.05, 4.69) is 25.1 Å². The Labute approximate surface area is 90.2 Å². The van der Waals surface area contributed by atoms with Gasteiger partial charge in [-0.3, -0.25) is 4.79 Å². The zero-order valence-corrected chi connectivity index (χ0v) is 9.37. The molecule has 1 aliphatic heterocycles. The third kappa shape index (κ3) is 1.67. The highest BCUT2D eigenvalue weighted by atomic mass is 16.2. The van der Waals surface area contributed by atoms with Gasteiger partial charge in [-0.05, 0) is 31.1 Å². The highest BCUT2D eigenvalue weighted by Crippen LogP contribution is 2.30. The summed E-state index contributed by atoms with van der Waals surface area (Å²) in [5.74, 6) is 0.152. The first-order valence-electron chi connectivity index (χ1n) is 5.14. The van der Waals surface area contributed by atoms with E-state index in [-0.39, 0.29) is 5.91 Å². The van der Waals surface area contributed by atoms with Gasteiger partial charge in [0.1, 0.15) is 0 Å². The van der Waals surface area contributed by atoms with Crippen LogP contribution < -0.4 is 4.90 Å². The average Bonchev–Trinajstić information content (AvgIpc) is 2.32. The molecule has 2 heteroatoms. The first kappa shape index (κ1) is 9.97. The monoisotopic (exact) mass is 201 g/mol. The summed E-state index contributed by atoms with van der Waals surface area (Å²) in [5, 5.41) is 0. The summed E-state index contributed by atoms with van der Waals surface area (Å²) >= 11 is 0. The van der Waals surface area contributed by atoms with Crippen molar-refractivity contribution in [1.82, 2.24) is 0 Å². The Bertz CT molecular complexity index is 446. The number of carbonyl (C=O) groups excluding carboxylic acids is 1. The van der Waals surface area contributed by atoms with Crippen LogP contribution in [0.4, 0.5) is 5.69 Å². The molecule has 0 saturated carbocycles. The molecule has 1 aliphatic rings. The van der Waals surface area contributed by atoms with Gasteiger partial charge in [0, 0.05) is 19.0 Å². The van der Waals surface area contributed by atoms with E-state index >= 15 is 0 Å². The zero-order chi connectivity index (χ0) is 11.0. The fourth-order valence-electron chi connectivity index (χ4n) is 1.87. The van der Waals surface area contributed by atoms with E-state index in [1.807, 2.05) is 20.0 Å². The van der Waals surface area contributed by atoms with Gasteiger partial charge in [0.15, 0.2) is 0 Å². The van der Waals surface area contributed by atoms with E-state index < -0.39 is 0 Å². The second-order valence-electron chi connectivity index (χ2n) is 4.06. The number of rotatable bonds is 0. The van der Waals surface area contributed by atoms with Crippen molar-refractivity contribution in [3.05, 3.63) is 35.4 Å². The Kier molecular flexibility index (Phi) is 2.35. The van der Waals surface area contributed by atoms with Gasteiger partial charge in [0.05, 0.1) is 5.69 Å². The molecule has 0 N–H and O–H groups in total. The molecule has 78 valence electrons. The Balaban J connectivity index is 2.64. The van der Waals surface area contributed by atoms with Crippen molar-refractivity contribution in [3.8, 4) is 0 Å². The van der Waals surface area contributed by atoms with Crippen LogP contribution in [-0.2, 0) is 4.79 Å². The fourth-order valence-corrected chi connectivity index (χ4v) is 1.87. The predicted octanol–water partition coefficient (Wildman–Crippen LogP) is 2.76. The minimum absolute atomic E-state index is 0.152. The molecule has 0 fully saturated rings. The van der Waals surface area contributed by atoms with Crippen molar-refractivity contribution in [3.63, 3.8) is 0 Å². The van der Waals surface area contributed by atoms with Gasteiger partial charge in [-0.1, -0.05) is 18.2 Å². The minimum Gasteiger partial charge on any atom is -0.315 e. The molecule has 15 heavy (non-hydrogen) atoms. The number of amides is 1. The molecule has 0 aromatic heterocycles. The fraction of sp³-hybridized carbons (Fsp3) is 0.308. The van der Waals surface area contributed by atoms with Crippen LogP contribution in [0.3, 0.4) is 0 Å². The number of anilines is 1. The van der Waals surface area contributed by atoms with Crippen molar-refractivity contribution in [2.45, 2.75) is 20.3 Å². The first-order chi connectivity index (χ1) is 7.09. The van der Waals surface area contributed by atoms with Crippen LogP contribution in [0.25, 0.3) is 5.57 Å². The van der Waals surface area contributed by atoms with Gasteiger partial charge in [-0.15, -0.1) is 0 Å². The molecule has 0 aliphatic carbocycles. The number of aryl methyl sites for hydroxylation is 1. The molecule has 0 saturated heterocycles. The zero-order valence-electron chi connectivity index (χ0n) is 9.37. The summed E-state index contributed by atoms with van der Waals surface area (Å²) in [6.45, 7) is 4.10. The maximum Gasteiger partial charge on any atom is 0.230 e. The highest BCUT2D eigenvalue weighted by Gasteiger charge is 2.17. The molecular weight excluding hydrogens is 186 g/mol. The van der Waals surface area contributed by atoms with E-state index in [1.54, 1.807) is 4.90 Å². The van der Waals surface area contributed by atoms with Gasteiger partial charge in [-0.2, -0.15) is 0 Å². The quantitative estimate of drug-likeness (QED) is 0.632. The van der Waals surface area contributed by atoms with E-state index in [0.717, 1.165) is 11.3 Å². The second kappa shape index (κ2) is 3.54. The van der Waals surface area contributed by atoms with Crippen LogP contribution in [0.15, 0.2) is 24.3 Å².